The van der Waals surface area contributed by atoms with Gasteiger partial charge in [-0.25, -0.2) is 4.39 Å². The highest BCUT2D eigenvalue weighted by atomic mass is 19.1. The normalized spacial score (nSPS) is 12.9. The summed E-state index contributed by atoms with van der Waals surface area (Å²) in [5.41, 5.74) is 0. The first-order valence-electron chi connectivity index (χ1n) is 7.12. The molecule has 2 N–H and O–H groups in total. The summed E-state index contributed by atoms with van der Waals surface area (Å²) in [4.78, 5) is 4.04. The minimum atomic E-state index is -0.357. The quantitative estimate of drug-likeness (QED) is 0.440. The summed E-state index contributed by atoms with van der Waals surface area (Å²) in [5, 5.41) is 6.12. The molecule has 4 nitrogen and oxygen atoms in total. The Balaban J connectivity index is 2.42. The summed E-state index contributed by atoms with van der Waals surface area (Å²) >= 11 is 0. The zero-order chi connectivity index (χ0) is 15.5. The molecule has 1 unspecified atom stereocenters. The number of nitrogens with zero attached hydrogens (tertiary/aromatic N) is 1. The predicted octanol–water partition coefficient (Wildman–Crippen LogP) is 2.51. The molecule has 0 fully saturated rings. The minimum absolute atomic E-state index is 0.105. The zero-order valence-electron chi connectivity index (χ0n) is 12.5. The fourth-order valence-corrected chi connectivity index (χ4v) is 1.71. The molecule has 1 aromatic carbocycles. The van der Waals surface area contributed by atoms with E-state index in [1.165, 1.54) is 12.1 Å². The lowest BCUT2D eigenvalue weighted by Gasteiger charge is -2.20. The smallest absolute Gasteiger partial charge is 0.191 e. The van der Waals surface area contributed by atoms with Gasteiger partial charge in [-0.3, -0.25) is 9.38 Å². The van der Waals surface area contributed by atoms with Crippen molar-refractivity contribution in [3.05, 3.63) is 30.1 Å². The second-order valence-corrected chi connectivity index (χ2v) is 4.53. The Bertz CT molecular complexity index is 441. The molecule has 0 saturated heterocycles. The van der Waals surface area contributed by atoms with Gasteiger partial charge in [-0.05, 0) is 25.0 Å². The van der Waals surface area contributed by atoms with Gasteiger partial charge in [-0.2, -0.15) is 0 Å². The van der Waals surface area contributed by atoms with Gasteiger partial charge in [0.1, 0.15) is 17.7 Å². The van der Waals surface area contributed by atoms with Gasteiger partial charge in [0.05, 0.1) is 13.2 Å². The molecular formula is C15H23F2N3O. The summed E-state index contributed by atoms with van der Waals surface area (Å²) in [6.07, 6.45) is 1.11. The second kappa shape index (κ2) is 9.96. The van der Waals surface area contributed by atoms with Gasteiger partial charge in [-0.15, -0.1) is 0 Å². The fourth-order valence-electron chi connectivity index (χ4n) is 1.71. The van der Waals surface area contributed by atoms with Crippen LogP contribution in [0.4, 0.5) is 8.78 Å². The maximum Gasteiger partial charge on any atom is 0.191 e. The average molecular weight is 299 g/mol. The van der Waals surface area contributed by atoms with Crippen LogP contribution in [0.5, 0.6) is 5.75 Å². The summed E-state index contributed by atoms with van der Waals surface area (Å²) in [6.45, 7) is 2.69. The first-order chi connectivity index (χ1) is 10.2. The first-order valence-corrected chi connectivity index (χ1v) is 7.12. The molecule has 0 aliphatic heterocycles. The maximum absolute atomic E-state index is 13.1. The highest BCUT2D eigenvalue weighted by Crippen LogP contribution is 2.14. The molecule has 0 bridgehead atoms. The van der Waals surface area contributed by atoms with E-state index in [0.29, 0.717) is 31.2 Å². The molecule has 0 aliphatic rings. The number of ether oxygens (including phenoxy) is 1. The van der Waals surface area contributed by atoms with Gasteiger partial charge in [-0.1, -0.05) is 13.0 Å². The Morgan fingerprint density at radius 1 is 1.38 bits per heavy atom. The Morgan fingerprint density at radius 2 is 2.19 bits per heavy atom. The number of hydrogen-bond donors (Lipinski definition) is 2. The van der Waals surface area contributed by atoms with Crippen LogP contribution < -0.4 is 15.4 Å². The van der Waals surface area contributed by atoms with Gasteiger partial charge < -0.3 is 15.4 Å². The molecular weight excluding hydrogens is 276 g/mol. The van der Waals surface area contributed by atoms with Gasteiger partial charge in [0.15, 0.2) is 5.96 Å². The molecule has 0 radical (unpaired) electrons. The van der Waals surface area contributed by atoms with E-state index in [9.17, 15) is 8.78 Å². The largest absolute Gasteiger partial charge is 0.489 e. The number of guanidine groups is 1. The van der Waals surface area contributed by atoms with Crippen LogP contribution in [0.2, 0.25) is 0 Å². The number of halogens is 2. The second-order valence-electron chi connectivity index (χ2n) is 4.53. The maximum atomic E-state index is 13.1. The number of hydrogen-bond acceptors (Lipinski definition) is 2. The summed E-state index contributed by atoms with van der Waals surface area (Å²) in [7, 11) is 1.65. The van der Waals surface area contributed by atoms with Crippen LogP contribution in [0.3, 0.4) is 0 Å². The highest BCUT2D eigenvalue weighted by molar-refractivity contribution is 5.79. The molecule has 0 saturated carbocycles. The van der Waals surface area contributed by atoms with Crippen molar-refractivity contribution in [2.75, 3.05) is 26.8 Å². The van der Waals surface area contributed by atoms with Gasteiger partial charge in [0.25, 0.3) is 0 Å². The van der Waals surface area contributed by atoms with Crippen LogP contribution in [0.1, 0.15) is 19.8 Å². The van der Waals surface area contributed by atoms with Crippen LogP contribution in [0, 0.1) is 5.82 Å². The fraction of sp³-hybridized carbons (Fsp3) is 0.533. The third kappa shape index (κ3) is 6.92. The van der Waals surface area contributed by atoms with E-state index >= 15 is 0 Å². The Kier molecular flexibility index (Phi) is 8.16. The van der Waals surface area contributed by atoms with Crippen molar-refractivity contribution in [1.29, 1.82) is 0 Å². The molecule has 0 aromatic heterocycles. The molecule has 0 heterocycles. The topological polar surface area (TPSA) is 45.7 Å². The molecule has 118 valence electrons. The lowest BCUT2D eigenvalue weighted by atomic mass is 10.2. The van der Waals surface area contributed by atoms with Crippen LogP contribution in [-0.2, 0) is 0 Å². The summed E-state index contributed by atoms with van der Waals surface area (Å²) < 4.78 is 30.9. The van der Waals surface area contributed by atoms with E-state index in [4.69, 9.17) is 4.74 Å². The summed E-state index contributed by atoms with van der Waals surface area (Å²) in [5.74, 6) is 0.785. The Hall–Kier alpha value is -1.85. The van der Waals surface area contributed by atoms with Gasteiger partial charge in [0.2, 0.25) is 0 Å². The van der Waals surface area contributed by atoms with E-state index in [2.05, 4.69) is 15.6 Å². The van der Waals surface area contributed by atoms with E-state index in [1.807, 2.05) is 6.92 Å². The molecule has 0 amide bonds. The van der Waals surface area contributed by atoms with Crippen LogP contribution in [-0.4, -0.2) is 38.9 Å². The van der Waals surface area contributed by atoms with Crippen molar-refractivity contribution in [2.24, 2.45) is 4.99 Å². The molecule has 1 rings (SSSR count). The average Bonchev–Trinajstić information content (AvgIpc) is 2.49. The molecule has 1 aromatic rings. The predicted molar refractivity (Wildman–Crippen MR) is 81.1 cm³/mol. The Labute approximate surface area is 124 Å². The van der Waals surface area contributed by atoms with Gasteiger partial charge >= 0.3 is 0 Å². The standard InChI is InChI=1S/C15H23F2N3O/c1-3-13(21-14-7-4-6-12(17)10-14)11-20-15(18-2)19-9-5-8-16/h4,6-7,10,13H,3,5,8-9,11H2,1-2H3,(H2,18,19,20). The number of rotatable bonds is 8. The van der Waals surface area contributed by atoms with E-state index in [-0.39, 0.29) is 18.6 Å². The van der Waals surface area contributed by atoms with Crippen molar-refractivity contribution >= 4 is 5.96 Å². The van der Waals surface area contributed by atoms with Crippen molar-refractivity contribution in [1.82, 2.24) is 10.6 Å². The zero-order valence-corrected chi connectivity index (χ0v) is 12.5. The highest BCUT2D eigenvalue weighted by Gasteiger charge is 2.09. The minimum Gasteiger partial charge on any atom is -0.489 e. The number of aliphatic imine (C=N–C) groups is 1. The van der Waals surface area contributed by atoms with Crippen LogP contribution in [0.25, 0.3) is 0 Å². The molecule has 21 heavy (non-hydrogen) atoms. The number of benzene rings is 1. The van der Waals surface area contributed by atoms with E-state index < -0.39 is 0 Å². The lowest BCUT2D eigenvalue weighted by molar-refractivity contribution is 0.198. The molecule has 0 aliphatic carbocycles. The third-order valence-electron chi connectivity index (χ3n) is 2.88. The van der Waals surface area contributed by atoms with E-state index in [0.717, 1.165) is 6.42 Å². The SMILES string of the molecule is CCC(CNC(=NC)NCCCF)Oc1cccc(F)c1. The van der Waals surface area contributed by atoms with Crippen LogP contribution in [0.15, 0.2) is 29.3 Å². The number of nitrogens with one attached hydrogen (secondary N) is 2. The van der Waals surface area contributed by atoms with Crippen molar-refractivity contribution in [3.63, 3.8) is 0 Å². The molecule has 1 atom stereocenters. The summed E-state index contributed by atoms with van der Waals surface area (Å²) in [6, 6.07) is 6.07. The first kappa shape index (κ1) is 17.2. The van der Waals surface area contributed by atoms with Crippen LogP contribution >= 0.6 is 0 Å². The molecule has 0 spiro atoms. The number of alkyl halides is 1. The molecule has 6 heteroatoms. The third-order valence-corrected chi connectivity index (χ3v) is 2.88. The Morgan fingerprint density at radius 3 is 2.81 bits per heavy atom. The lowest BCUT2D eigenvalue weighted by Crippen LogP contribution is -2.42. The van der Waals surface area contributed by atoms with E-state index in [1.54, 1.807) is 19.2 Å². The van der Waals surface area contributed by atoms with Gasteiger partial charge in [0, 0.05) is 19.7 Å². The van der Waals surface area contributed by atoms with Crippen molar-refractivity contribution in [2.45, 2.75) is 25.9 Å². The van der Waals surface area contributed by atoms with Crippen molar-refractivity contribution < 1.29 is 13.5 Å². The monoisotopic (exact) mass is 299 g/mol. The van der Waals surface area contributed by atoms with Crippen molar-refractivity contribution in [3.8, 4) is 5.75 Å².